The van der Waals surface area contributed by atoms with Crippen LogP contribution in [-0.2, 0) is 9.59 Å². The number of imide groups is 1. The van der Waals surface area contributed by atoms with E-state index in [0.29, 0.717) is 47.2 Å². The number of nitrogens with zero attached hydrogens (tertiary/aromatic N) is 1. The van der Waals surface area contributed by atoms with Crippen LogP contribution in [0.15, 0.2) is 78.5 Å². The second-order valence-electron chi connectivity index (χ2n) is 7.52. The lowest BCUT2D eigenvalue weighted by Crippen LogP contribution is -2.32. The number of amides is 2. The molecule has 3 aromatic rings. The van der Waals surface area contributed by atoms with E-state index in [4.69, 9.17) is 9.47 Å². The molecule has 6 heteroatoms. The number of aryl methyl sites for hydroxylation is 1. The molecule has 0 radical (unpaired) electrons. The third-order valence-corrected chi connectivity index (χ3v) is 5.28. The van der Waals surface area contributed by atoms with Crippen molar-refractivity contribution in [2.24, 2.45) is 0 Å². The van der Waals surface area contributed by atoms with Crippen LogP contribution in [0.3, 0.4) is 0 Å². The molecule has 1 aliphatic rings. The third kappa shape index (κ3) is 4.32. The first kappa shape index (κ1) is 22.1. The molecule has 0 spiro atoms. The summed E-state index contributed by atoms with van der Waals surface area (Å²) in [5, 5.41) is 3.19. The lowest BCUT2D eigenvalue weighted by atomic mass is 10.0. The molecular weight excluding hydrogens is 416 g/mol. The molecule has 33 heavy (non-hydrogen) atoms. The van der Waals surface area contributed by atoms with Crippen molar-refractivity contribution >= 4 is 28.8 Å². The maximum atomic E-state index is 13.7. The molecule has 0 saturated carbocycles. The summed E-state index contributed by atoms with van der Waals surface area (Å²) in [7, 11) is 0. The number of anilines is 2. The van der Waals surface area contributed by atoms with E-state index in [1.807, 2.05) is 75.4 Å². The van der Waals surface area contributed by atoms with Crippen LogP contribution in [0.2, 0.25) is 0 Å². The fourth-order valence-corrected chi connectivity index (χ4v) is 3.76. The van der Waals surface area contributed by atoms with Crippen LogP contribution in [0.25, 0.3) is 5.57 Å². The number of hydrogen-bond acceptors (Lipinski definition) is 5. The standard InChI is InChI=1S/C27H26N2O4/c1-4-32-22-12-8-6-10-20(22)28-25-24(19-16-14-18(3)15-17-19)26(30)29(27(25)31)21-11-7-9-13-23(21)33-5-2/h6-17,28H,4-5H2,1-3H3. The maximum absolute atomic E-state index is 13.7. The molecule has 1 N–H and O–H groups in total. The van der Waals surface area contributed by atoms with Crippen LogP contribution >= 0.6 is 0 Å². The molecular formula is C27H26N2O4. The summed E-state index contributed by atoms with van der Waals surface area (Å²) in [6.07, 6.45) is 0. The first-order valence-electron chi connectivity index (χ1n) is 11.0. The molecule has 1 aliphatic heterocycles. The summed E-state index contributed by atoms with van der Waals surface area (Å²) in [6, 6.07) is 21.9. The first-order chi connectivity index (χ1) is 16.0. The van der Waals surface area contributed by atoms with Gasteiger partial charge in [-0.3, -0.25) is 9.59 Å². The summed E-state index contributed by atoms with van der Waals surface area (Å²) in [5.41, 5.74) is 3.24. The maximum Gasteiger partial charge on any atom is 0.282 e. The quantitative estimate of drug-likeness (QED) is 0.487. The molecule has 0 fully saturated rings. The van der Waals surface area contributed by atoms with Gasteiger partial charge in [0.15, 0.2) is 0 Å². The summed E-state index contributed by atoms with van der Waals surface area (Å²) < 4.78 is 11.4. The van der Waals surface area contributed by atoms with Crippen molar-refractivity contribution in [3.05, 3.63) is 89.6 Å². The van der Waals surface area contributed by atoms with Gasteiger partial charge in [-0.25, -0.2) is 4.90 Å². The predicted molar refractivity (Wildman–Crippen MR) is 129 cm³/mol. The Morgan fingerprint density at radius 3 is 2.06 bits per heavy atom. The molecule has 0 aliphatic carbocycles. The van der Waals surface area contributed by atoms with Gasteiger partial charge in [0.05, 0.1) is 30.2 Å². The minimum atomic E-state index is -0.450. The van der Waals surface area contributed by atoms with Gasteiger partial charge < -0.3 is 14.8 Å². The molecule has 0 atom stereocenters. The highest BCUT2D eigenvalue weighted by Crippen LogP contribution is 2.38. The van der Waals surface area contributed by atoms with E-state index in [0.717, 1.165) is 5.56 Å². The molecule has 0 aromatic heterocycles. The average Bonchev–Trinajstić information content (AvgIpc) is 3.06. The normalized spacial score (nSPS) is 13.5. The topological polar surface area (TPSA) is 67.9 Å². The smallest absolute Gasteiger partial charge is 0.282 e. The Morgan fingerprint density at radius 2 is 1.36 bits per heavy atom. The first-order valence-corrected chi connectivity index (χ1v) is 11.0. The second-order valence-corrected chi connectivity index (χ2v) is 7.52. The third-order valence-electron chi connectivity index (χ3n) is 5.28. The Kier molecular flexibility index (Phi) is 6.45. The SMILES string of the molecule is CCOc1ccccc1NC1=C(c2ccc(C)cc2)C(=O)N(c2ccccc2OCC)C1=O. The van der Waals surface area contributed by atoms with E-state index in [2.05, 4.69) is 5.32 Å². The zero-order valence-corrected chi connectivity index (χ0v) is 18.9. The second kappa shape index (κ2) is 9.61. The minimum Gasteiger partial charge on any atom is -0.492 e. The summed E-state index contributed by atoms with van der Waals surface area (Å²) in [4.78, 5) is 28.5. The molecule has 1 heterocycles. The van der Waals surface area contributed by atoms with Gasteiger partial charge in [0, 0.05) is 0 Å². The molecule has 6 nitrogen and oxygen atoms in total. The number of benzene rings is 3. The van der Waals surface area contributed by atoms with Crippen molar-refractivity contribution in [1.29, 1.82) is 0 Å². The number of para-hydroxylation sites is 4. The van der Waals surface area contributed by atoms with Crippen molar-refractivity contribution in [3.8, 4) is 11.5 Å². The monoisotopic (exact) mass is 442 g/mol. The van der Waals surface area contributed by atoms with E-state index < -0.39 is 11.8 Å². The van der Waals surface area contributed by atoms with Crippen LogP contribution in [0, 0.1) is 6.92 Å². The van der Waals surface area contributed by atoms with Gasteiger partial charge in [-0.2, -0.15) is 0 Å². The summed E-state index contributed by atoms with van der Waals surface area (Å²) >= 11 is 0. The van der Waals surface area contributed by atoms with Crippen molar-refractivity contribution in [1.82, 2.24) is 0 Å². The van der Waals surface area contributed by atoms with Crippen LogP contribution in [0.5, 0.6) is 11.5 Å². The van der Waals surface area contributed by atoms with E-state index in [1.54, 1.807) is 18.2 Å². The highest BCUT2D eigenvalue weighted by atomic mass is 16.5. The Hall–Kier alpha value is -4.06. The van der Waals surface area contributed by atoms with Gasteiger partial charge in [-0.1, -0.05) is 54.1 Å². The fraction of sp³-hybridized carbons (Fsp3) is 0.185. The number of nitrogens with one attached hydrogen (secondary N) is 1. The fourth-order valence-electron chi connectivity index (χ4n) is 3.76. The van der Waals surface area contributed by atoms with Gasteiger partial charge in [0.2, 0.25) is 0 Å². The molecule has 0 unspecified atom stereocenters. The van der Waals surface area contributed by atoms with Gasteiger partial charge in [0.1, 0.15) is 17.2 Å². The zero-order valence-electron chi connectivity index (χ0n) is 18.9. The average molecular weight is 443 g/mol. The van der Waals surface area contributed by atoms with Crippen molar-refractivity contribution < 1.29 is 19.1 Å². The van der Waals surface area contributed by atoms with Crippen LogP contribution in [0.1, 0.15) is 25.0 Å². The van der Waals surface area contributed by atoms with Crippen molar-refractivity contribution in [3.63, 3.8) is 0 Å². The van der Waals surface area contributed by atoms with E-state index in [9.17, 15) is 9.59 Å². The lowest BCUT2D eigenvalue weighted by molar-refractivity contribution is -0.120. The highest BCUT2D eigenvalue weighted by molar-refractivity contribution is 6.46. The van der Waals surface area contributed by atoms with Crippen LogP contribution < -0.4 is 19.7 Å². The van der Waals surface area contributed by atoms with Crippen LogP contribution in [-0.4, -0.2) is 25.0 Å². The van der Waals surface area contributed by atoms with Gasteiger partial charge >= 0.3 is 0 Å². The van der Waals surface area contributed by atoms with Crippen LogP contribution in [0.4, 0.5) is 11.4 Å². The molecule has 4 rings (SSSR count). The Labute approximate surface area is 193 Å². The number of carbonyl (C=O) groups excluding carboxylic acids is 2. The largest absolute Gasteiger partial charge is 0.492 e. The number of carbonyl (C=O) groups is 2. The number of hydrogen-bond donors (Lipinski definition) is 1. The summed E-state index contributed by atoms with van der Waals surface area (Å²) in [5.74, 6) is 0.214. The van der Waals surface area contributed by atoms with Gasteiger partial charge in [-0.15, -0.1) is 0 Å². The molecule has 168 valence electrons. The Bertz CT molecular complexity index is 1210. The van der Waals surface area contributed by atoms with Gasteiger partial charge in [-0.05, 0) is 50.6 Å². The molecule has 2 amide bonds. The predicted octanol–water partition coefficient (Wildman–Crippen LogP) is 5.19. The van der Waals surface area contributed by atoms with E-state index in [-0.39, 0.29) is 5.70 Å². The van der Waals surface area contributed by atoms with E-state index >= 15 is 0 Å². The number of ether oxygens (including phenoxy) is 2. The number of rotatable bonds is 8. The Balaban J connectivity index is 1.84. The lowest BCUT2D eigenvalue weighted by Gasteiger charge is -2.19. The van der Waals surface area contributed by atoms with Gasteiger partial charge in [0.25, 0.3) is 11.8 Å². The zero-order chi connectivity index (χ0) is 23.4. The molecule has 3 aromatic carbocycles. The highest BCUT2D eigenvalue weighted by Gasteiger charge is 2.41. The molecule has 0 bridgehead atoms. The van der Waals surface area contributed by atoms with Crippen molar-refractivity contribution in [2.45, 2.75) is 20.8 Å². The Morgan fingerprint density at radius 1 is 0.758 bits per heavy atom. The summed E-state index contributed by atoms with van der Waals surface area (Å²) in [6.45, 7) is 6.62. The van der Waals surface area contributed by atoms with E-state index in [1.165, 1.54) is 4.90 Å². The van der Waals surface area contributed by atoms with Crippen molar-refractivity contribution in [2.75, 3.05) is 23.4 Å². The molecule has 0 saturated heterocycles. The minimum absolute atomic E-state index is 0.197.